The Labute approximate surface area is 96.4 Å². The van der Waals surface area contributed by atoms with Crippen LogP contribution in [0.4, 0.5) is 13.2 Å². The van der Waals surface area contributed by atoms with Crippen LogP contribution in [0.25, 0.3) is 0 Å². The molecular formula is C9H10F3NO3S. The summed E-state index contributed by atoms with van der Waals surface area (Å²) in [5.74, 6) is 0.250. The highest BCUT2D eigenvalue weighted by atomic mass is 32.2. The minimum Gasteiger partial charge on any atom is -0.497 e. The predicted octanol–water partition coefficient (Wildman–Crippen LogP) is 1.54. The van der Waals surface area contributed by atoms with Crippen LogP contribution in [0, 0.1) is 0 Å². The molecule has 96 valence electrons. The van der Waals surface area contributed by atoms with Gasteiger partial charge in [0.1, 0.15) is 12.3 Å². The first-order valence-electron chi connectivity index (χ1n) is 4.45. The molecule has 0 aromatic heterocycles. The third-order valence-electron chi connectivity index (χ3n) is 1.81. The number of alkyl halides is 3. The average Bonchev–Trinajstić information content (AvgIpc) is 2.26. The predicted molar refractivity (Wildman–Crippen MR) is 54.2 cm³/mol. The molecular weight excluding hydrogens is 259 g/mol. The fraction of sp³-hybridized carbons (Fsp3) is 0.333. The number of ether oxygens (including phenoxy) is 1. The van der Waals surface area contributed by atoms with Crippen LogP contribution in [0.5, 0.6) is 5.75 Å². The van der Waals surface area contributed by atoms with E-state index in [1.165, 1.54) is 30.0 Å². The van der Waals surface area contributed by atoms with Gasteiger partial charge in [-0.25, -0.2) is 13.1 Å². The summed E-state index contributed by atoms with van der Waals surface area (Å²) in [6.07, 6.45) is -4.59. The van der Waals surface area contributed by atoms with E-state index in [0.717, 1.165) is 6.07 Å². The SMILES string of the molecule is COc1cccc(S(=O)(=O)NCC(F)(F)F)c1. The highest BCUT2D eigenvalue weighted by molar-refractivity contribution is 7.89. The largest absolute Gasteiger partial charge is 0.497 e. The van der Waals surface area contributed by atoms with Gasteiger partial charge in [0.15, 0.2) is 0 Å². The lowest BCUT2D eigenvalue weighted by atomic mass is 10.3. The van der Waals surface area contributed by atoms with E-state index in [0.29, 0.717) is 0 Å². The third kappa shape index (κ3) is 4.23. The fourth-order valence-corrected chi connectivity index (χ4v) is 2.08. The Morgan fingerprint density at radius 2 is 2.00 bits per heavy atom. The van der Waals surface area contributed by atoms with Gasteiger partial charge in [0.05, 0.1) is 12.0 Å². The van der Waals surface area contributed by atoms with E-state index in [2.05, 4.69) is 0 Å². The second kappa shape index (κ2) is 4.92. The van der Waals surface area contributed by atoms with Gasteiger partial charge in [-0.15, -0.1) is 0 Å². The molecule has 1 aromatic rings. The van der Waals surface area contributed by atoms with Gasteiger partial charge in [0, 0.05) is 6.07 Å². The van der Waals surface area contributed by atoms with Crippen LogP contribution in [0.1, 0.15) is 0 Å². The van der Waals surface area contributed by atoms with Crippen LogP contribution >= 0.6 is 0 Å². The molecule has 1 N–H and O–H groups in total. The minimum absolute atomic E-state index is 0.250. The maximum absolute atomic E-state index is 11.9. The Bertz CT molecular complexity index is 485. The molecule has 0 aliphatic rings. The molecule has 1 aromatic carbocycles. The minimum atomic E-state index is -4.59. The molecule has 4 nitrogen and oxygen atoms in total. The molecule has 1 rings (SSSR count). The van der Waals surface area contributed by atoms with Crippen molar-refractivity contribution in [1.82, 2.24) is 4.72 Å². The molecule has 17 heavy (non-hydrogen) atoms. The zero-order chi connectivity index (χ0) is 13.1. The van der Waals surface area contributed by atoms with E-state index in [4.69, 9.17) is 4.74 Å². The van der Waals surface area contributed by atoms with Gasteiger partial charge in [0.25, 0.3) is 0 Å². The van der Waals surface area contributed by atoms with Gasteiger partial charge < -0.3 is 4.74 Å². The number of sulfonamides is 1. The lowest BCUT2D eigenvalue weighted by Crippen LogP contribution is -2.33. The monoisotopic (exact) mass is 269 g/mol. The average molecular weight is 269 g/mol. The Kier molecular flexibility index (Phi) is 3.99. The van der Waals surface area contributed by atoms with Crippen LogP contribution in [0.15, 0.2) is 29.2 Å². The first-order chi connectivity index (χ1) is 7.74. The number of rotatable bonds is 4. The molecule has 0 saturated heterocycles. The summed E-state index contributed by atoms with van der Waals surface area (Å²) in [6.45, 7) is -1.60. The lowest BCUT2D eigenvalue weighted by Gasteiger charge is -2.09. The number of hydrogen-bond donors (Lipinski definition) is 1. The second-order valence-electron chi connectivity index (χ2n) is 3.12. The van der Waals surface area contributed by atoms with E-state index in [1.807, 2.05) is 0 Å². The Hall–Kier alpha value is -1.28. The zero-order valence-electron chi connectivity index (χ0n) is 8.78. The molecule has 0 spiro atoms. The summed E-state index contributed by atoms with van der Waals surface area (Å²) < 4.78 is 64.9. The molecule has 0 radical (unpaired) electrons. The Balaban J connectivity index is 2.89. The number of methoxy groups -OCH3 is 1. The van der Waals surface area contributed by atoms with Crippen molar-refractivity contribution in [3.63, 3.8) is 0 Å². The van der Waals surface area contributed by atoms with Crippen molar-refractivity contribution in [2.24, 2.45) is 0 Å². The third-order valence-corrected chi connectivity index (χ3v) is 3.21. The lowest BCUT2D eigenvalue weighted by molar-refractivity contribution is -0.121. The number of halogens is 3. The smallest absolute Gasteiger partial charge is 0.402 e. The normalized spacial score (nSPS) is 12.5. The molecule has 0 aliphatic carbocycles. The molecule has 0 saturated carbocycles. The van der Waals surface area contributed by atoms with Crippen LogP contribution < -0.4 is 9.46 Å². The van der Waals surface area contributed by atoms with Crippen molar-refractivity contribution in [2.45, 2.75) is 11.1 Å². The van der Waals surface area contributed by atoms with Crippen LogP contribution in [0.2, 0.25) is 0 Å². The Morgan fingerprint density at radius 1 is 1.35 bits per heavy atom. The quantitative estimate of drug-likeness (QED) is 0.902. The van der Waals surface area contributed by atoms with Gasteiger partial charge in [0.2, 0.25) is 10.0 Å². The van der Waals surface area contributed by atoms with Crippen molar-refractivity contribution < 1.29 is 26.3 Å². The maximum atomic E-state index is 11.9. The summed E-state index contributed by atoms with van der Waals surface area (Å²) in [6, 6.07) is 5.18. The fourth-order valence-electron chi connectivity index (χ4n) is 1.03. The Morgan fingerprint density at radius 3 is 2.53 bits per heavy atom. The van der Waals surface area contributed by atoms with E-state index in [1.54, 1.807) is 0 Å². The van der Waals surface area contributed by atoms with Gasteiger partial charge in [-0.3, -0.25) is 0 Å². The van der Waals surface area contributed by atoms with Crippen LogP contribution in [-0.2, 0) is 10.0 Å². The number of hydrogen-bond acceptors (Lipinski definition) is 3. The summed E-state index contributed by atoms with van der Waals surface area (Å²) in [5.41, 5.74) is 0. The molecule has 8 heteroatoms. The van der Waals surface area contributed by atoms with Gasteiger partial charge in [-0.2, -0.15) is 13.2 Å². The molecule has 0 unspecified atom stereocenters. The number of nitrogens with one attached hydrogen (secondary N) is 1. The van der Waals surface area contributed by atoms with E-state index >= 15 is 0 Å². The van der Waals surface area contributed by atoms with Crippen molar-refractivity contribution in [1.29, 1.82) is 0 Å². The van der Waals surface area contributed by atoms with Crippen molar-refractivity contribution in [3.8, 4) is 5.75 Å². The standard InChI is InChI=1S/C9H10F3NO3S/c1-16-7-3-2-4-8(5-7)17(14,15)13-6-9(10,11)12/h2-5,13H,6H2,1H3. The molecule has 0 bridgehead atoms. The van der Waals surface area contributed by atoms with Crippen molar-refractivity contribution in [2.75, 3.05) is 13.7 Å². The topological polar surface area (TPSA) is 55.4 Å². The number of benzene rings is 1. The summed E-state index contributed by atoms with van der Waals surface area (Å²) in [4.78, 5) is -0.277. The molecule has 0 aliphatic heterocycles. The van der Waals surface area contributed by atoms with E-state index in [9.17, 15) is 21.6 Å². The van der Waals surface area contributed by atoms with E-state index < -0.39 is 22.7 Å². The van der Waals surface area contributed by atoms with Crippen molar-refractivity contribution in [3.05, 3.63) is 24.3 Å². The van der Waals surface area contributed by atoms with E-state index in [-0.39, 0.29) is 10.6 Å². The first-order valence-corrected chi connectivity index (χ1v) is 5.93. The van der Waals surface area contributed by atoms with Gasteiger partial charge in [-0.05, 0) is 12.1 Å². The first kappa shape index (κ1) is 13.8. The summed E-state index contributed by atoms with van der Waals surface area (Å²) >= 11 is 0. The second-order valence-corrected chi connectivity index (χ2v) is 4.89. The maximum Gasteiger partial charge on any atom is 0.402 e. The summed E-state index contributed by atoms with van der Waals surface area (Å²) in [7, 11) is -2.85. The molecule has 0 heterocycles. The van der Waals surface area contributed by atoms with Gasteiger partial charge >= 0.3 is 6.18 Å². The van der Waals surface area contributed by atoms with Crippen molar-refractivity contribution >= 4 is 10.0 Å². The van der Waals surface area contributed by atoms with Crippen LogP contribution in [-0.4, -0.2) is 28.2 Å². The highest BCUT2D eigenvalue weighted by Crippen LogP contribution is 2.18. The zero-order valence-corrected chi connectivity index (χ0v) is 9.60. The molecule has 0 fully saturated rings. The molecule has 0 amide bonds. The van der Waals surface area contributed by atoms with Crippen LogP contribution in [0.3, 0.4) is 0 Å². The molecule has 0 atom stereocenters. The highest BCUT2D eigenvalue weighted by Gasteiger charge is 2.30. The summed E-state index contributed by atoms with van der Waals surface area (Å²) in [5, 5.41) is 0. The van der Waals surface area contributed by atoms with Gasteiger partial charge in [-0.1, -0.05) is 6.07 Å².